The largest absolute Gasteiger partial charge is 0.436 e. The van der Waals surface area contributed by atoms with Crippen LogP contribution in [0.5, 0.6) is 0 Å². The van der Waals surface area contributed by atoms with Crippen LogP contribution in [0.4, 0.5) is 13.6 Å². The van der Waals surface area contributed by atoms with Crippen LogP contribution >= 0.6 is 0 Å². The standard InChI is InChI=1S/C33H45F2N3O6S/c1-5-10-28(11-6-2)45(42,43)22-30(37-33(41)44-14-7-3)32(40)38(20-24-13-9-12-23(8-4)15-24)21-31(39)29(36)18-25-16-26(34)19-27(35)17-25/h3,9,12-13,15-17,19,28-31,39H,5-6,8,10-11,14,18,20-22,36H2,1-2,4H3,(H,37,41)/t29-,30+,31+/m0/s1. The second-order valence-electron chi connectivity index (χ2n) is 11.1. The molecule has 2 aromatic rings. The molecule has 3 atom stereocenters. The number of aliphatic hydroxyl groups is 1. The summed E-state index contributed by atoms with van der Waals surface area (Å²) in [5.41, 5.74) is 8.12. The van der Waals surface area contributed by atoms with Crippen molar-refractivity contribution in [2.75, 3.05) is 18.9 Å². The zero-order valence-electron chi connectivity index (χ0n) is 26.2. The number of carbonyl (C=O) groups excluding carboxylic acids is 2. The number of terminal acetylenes is 1. The number of aliphatic hydroxyl groups excluding tert-OH is 1. The number of sulfone groups is 1. The molecule has 2 amide bonds. The Balaban J connectivity index is 2.46. The molecule has 0 bridgehead atoms. The lowest BCUT2D eigenvalue weighted by Crippen LogP contribution is -2.55. The van der Waals surface area contributed by atoms with E-state index in [9.17, 15) is 31.9 Å². The minimum Gasteiger partial charge on any atom is -0.436 e. The number of amides is 2. The van der Waals surface area contributed by atoms with E-state index in [1.807, 2.05) is 39.0 Å². The SMILES string of the molecule is C#CCOC(=O)N[C@H](CS(=O)(=O)C(CCC)CCC)C(=O)N(Cc1cccc(CC)c1)C[C@@H](O)[C@@H](N)Cc1cc(F)cc(F)c1. The van der Waals surface area contributed by atoms with Gasteiger partial charge in [0.2, 0.25) is 5.91 Å². The summed E-state index contributed by atoms with van der Waals surface area (Å²) in [4.78, 5) is 27.9. The highest BCUT2D eigenvalue weighted by Gasteiger charge is 2.36. The highest BCUT2D eigenvalue weighted by molar-refractivity contribution is 7.92. The van der Waals surface area contributed by atoms with Gasteiger partial charge in [0.1, 0.15) is 17.7 Å². The van der Waals surface area contributed by atoms with Crippen molar-refractivity contribution in [3.05, 3.63) is 70.8 Å². The summed E-state index contributed by atoms with van der Waals surface area (Å²) in [6, 6.07) is 7.70. The predicted octanol–water partition coefficient (Wildman–Crippen LogP) is 3.90. The van der Waals surface area contributed by atoms with Crippen molar-refractivity contribution < 1.29 is 36.6 Å². The van der Waals surface area contributed by atoms with Gasteiger partial charge >= 0.3 is 6.09 Å². The van der Waals surface area contributed by atoms with Gasteiger partial charge in [0.25, 0.3) is 0 Å². The quantitative estimate of drug-likeness (QED) is 0.208. The monoisotopic (exact) mass is 649 g/mol. The Bertz CT molecular complexity index is 1390. The summed E-state index contributed by atoms with van der Waals surface area (Å²) in [7, 11) is -3.88. The van der Waals surface area contributed by atoms with Crippen LogP contribution in [0.1, 0.15) is 63.1 Å². The fourth-order valence-corrected chi connectivity index (χ4v) is 7.25. The molecule has 0 fully saturated rings. The average molecular weight is 650 g/mol. The summed E-state index contributed by atoms with van der Waals surface area (Å²) < 4.78 is 59.5. The molecule has 0 saturated carbocycles. The first-order valence-corrected chi connectivity index (χ1v) is 16.9. The summed E-state index contributed by atoms with van der Waals surface area (Å²) >= 11 is 0. The van der Waals surface area contributed by atoms with Crippen molar-refractivity contribution in [3.8, 4) is 12.3 Å². The molecule has 0 radical (unpaired) electrons. The molecule has 9 nitrogen and oxygen atoms in total. The van der Waals surface area contributed by atoms with Crippen molar-refractivity contribution in [1.82, 2.24) is 10.2 Å². The van der Waals surface area contributed by atoms with Gasteiger partial charge in [0.15, 0.2) is 16.4 Å². The normalized spacial score (nSPS) is 13.5. The molecule has 0 aliphatic rings. The maximum Gasteiger partial charge on any atom is 0.408 e. The molecule has 248 valence electrons. The van der Waals surface area contributed by atoms with Crippen molar-refractivity contribution >= 4 is 21.8 Å². The van der Waals surface area contributed by atoms with Gasteiger partial charge in [-0.1, -0.05) is 63.8 Å². The van der Waals surface area contributed by atoms with Crippen LogP contribution in [0.25, 0.3) is 0 Å². The van der Waals surface area contributed by atoms with Crippen LogP contribution in [-0.4, -0.2) is 72.8 Å². The third kappa shape index (κ3) is 12.4. The van der Waals surface area contributed by atoms with Crippen molar-refractivity contribution in [2.45, 2.75) is 89.3 Å². The number of aryl methyl sites for hydroxylation is 1. The van der Waals surface area contributed by atoms with Crippen LogP contribution in [0, 0.1) is 24.0 Å². The van der Waals surface area contributed by atoms with Crippen LogP contribution in [0.2, 0.25) is 0 Å². The summed E-state index contributed by atoms with van der Waals surface area (Å²) in [6.45, 7) is 4.90. The lowest BCUT2D eigenvalue weighted by Gasteiger charge is -2.32. The van der Waals surface area contributed by atoms with Gasteiger partial charge in [-0.2, -0.15) is 0 Å². The molecule has 0 aromatic heterocycles. The lowest BCUT2D eigenvalue weighted by molar-refractivity contribution is -0.135. The smallest absolute Gasteiger partial charge is 0.408 e. The second kappa shape index (κ2) is 18.4. The number of alkyl carbamates (subject to hydrolysis) is 1. The van der Waals surface area contributed by atoms with Crippen molar-refractivity contribution in [1.29, 1.82) is 0 Å². The van der Waals surface area contributed by atoms with E-state index in [1.54, 1.807) is 6.07 Å². The molecule has 2 aromatic carbocycles. The van der Waals surface area contributed by atoms with Crippen LogP contribution in [-0.2, 0) is 38.8 Å². The fraction of sp³-hybridized carbons (Fsp3) is 0.515. The molecular formula is C33H45F2N3O6S. The molecule has 45 heavy (non-hydrogen) atoms. The number of hydrogen-bond acceptors (Lipinski definition) is 7. The number of carbonyl (C=O) groups is 2. The van der Waals surface area contributed by atoms with Gasteiger partial charge in [0, 0.05) is 25.2 Å². The molecule has 0 aliphatic heterocycles. The number of ether oxygens (including phenoxy) is 1. The first-order chi connectivity index (χ1) is 21.3. The minimum atomic E-state index is -3.88. The number of rotatable bonds is 18. The van der Waals surface area contributed by atoms with Gasteiger partial charge in [0.05, 0.1) is 17.1 Å². The van der Waals surface area contributed by atoms with Gasteiger partial charge in [-0.25, -0.2) is 22.0 Å². The Morgan fingerprint density at radius 2 is 1.67 bits per heavy atom. The van der Waals surface area contributed by atoms with E-state index in [2.05, 4.69) is 11.2 Å². The summed E-state index contributed by atoms with van der Waals surface area (Å²) in [5, 5.41) is 12.7. The van der Waals surface area contributed by atoms with E-state index in [-0.39, 0.29) is 25.1 Å². The highest BCUT2D eigenvalue weighted by Crippen LogP contribution is 2.19. The molecule has 0 aliphatic carbocycles. The Morgan fingerprint density at radius 3 is 2.24 bits per heavy atom. The predicted molar refractivity (Wildman–Crippen MR) is 170 cm³/mol. The molecule has 0 spiro atoms. The van der Waals surface area contributed by atoms with Gasteiger partial charge in [-0.05, 0) is 54.5 Å². The van der Waals surface area contributed by atoms with Gasteiger partial charge < -0.3 is 25.8 Å². The molecule has 0 unspecified atom stereocenters. The Hall–Kier alpha value is -3.53. The number of nitrogens with two attached hydrogens (primary N) is 1. The molecule has 0 heterocycles. The van der Waals surface area contributed by atoms with E-state index in [0.717, 1.165) is 30.2 Å². The highest BCUT2D eigenvalue weighted by atomic mass is 32.2. The lowest BCUT2D eigenvalue weighted by atomic mass is 10.0. The van der Waals surface area contributed by atoms with Crippen LogP contribution in [0.3, 0.4) is 0 Å². The number of hydrogen-bond donors (Lipinski definition) is 3. The van der Waals surface area contributed by atoms with Crippen LogP contribution in [0.15, 0.2) is 42.5 Å². The van der Waals surface area contributed by atoms with E-state index in [4.69, 9.17) is 16.9 Å². The summed E-state index contributed by atoms with van der Waals surface area (Å²) in [5.74, 6) is -0.930. The third-order valence-corrected chi connectivity index (χ3v) is 9.67. The maximum absolute atomic E-state index is 14.1. The molecule has 0 saturated heterocycles. The zero-order valence-corrected chi connectivity index (χ0v) is 27.0. The Morgan fingerprint density at radius 1 is 1.04 bits per heavy atom. The first-order valence-electron chi connectivity index (χ1n) is 15.2. The van der Waals surface area contributed by atoms with Gasteiger partial charge in [-0.15, -0.1) is 6.42 Å². The Kier molecular flexibility index (Phi) is 15.4. The first kappa shape index (κ1) is 37.7. The van der Waals surface area contributed by atoms with Crippen molar-refractivity contribution in [2.24, 2.45) is 5.73 Å². The Labute approximate surface area is 265 Å². The number of benzene rings is 2. The van der Waals surface area contributed by atoms with E-state index in [1.165, 1.54) is 4.90 Å². The summed E-state index contributed by atoms with van der Waals surface area (Å²) in [6.07, 6.45) is 5.35. The van der Waals surface area contributed by atoms with Gasteiger partial charge in [-0.3, -0.25) is 4.79 Å². The number of nitrogens with one attached hydrogen (secondary N) is 1. The average Bonchev–Trinajstić information content (AvgIpc) is 2.98. The topological polar surface area (TPSA) is 139 Å². The minimum absolute atomic E-state index is 0.0456. The van der Waals surface area contributed by atoms with E-state index >= 15 is 0 Å². The van der Waals surface area contributed by atoms with E-state index < -0.39 is 69.3 Å². The molecule has 4 N–H and O–H groups in total. The van der Waals surface area contributed by atoms with E-state index in [0.29, 0.717) is 31.2 Å². The zero-order chi connectivity index (χ0) is 33.6. The number of nitrogens with zero attached hydrogens (tertiary/aromatic N) is 1. The van der Waals surface area contributed by atoms with Crippen molar-refractivity contribution in [3.63, 3.8) is 0 Å². The number of halogens is 2. The molecular weight excluding hydrogens is 604 g/mol. The second-order valence-corrected chi connectivity index (χ2v) is 13.4. The molecule has 12 heteroatoms. The molecule has 2 rings (SSSR count). The third-order valence-electron chi connectivity index (χ3n) is 7.39. The fourth-order valence-electron chi connectivity index (χ4n) is 5.10. The van der Waals surface area contributed by atoms with Crippen LogP contribution < -0.4 is 11.1 Å². The maximum atomic E-state index is 14.1.